The molecule has 0 spiro atoms. The molecule has 2 aromatic heterocycles. The zero-order chi connectivity index (χ0) is 58.1. The molecule has 0 amide bonds. The summed E-state index contributed by atoms with van der Waals surface area (Å²) < 4.78 is 46.7. The molecule has 2 aliphatic rings. The van der Waals surface area contributed by atoms with Crippen molar-refractivity contribution in [2.45, 2.75) is 123 Å². The van der Waals surface area contributed by atoms with Crippen LogP contribution in [0.3, 0.4) is 0 Å². The van der Waals surface area contributed by atoms with Gasteiger partial charge in [0, 0.05) is 51.1 Å². The van der Waals surface area contributed by atoms with Crippen LogP contribution in [0.4, 0.5) is 42.9 Å². The molecule has 1 atom stereocenters. The van der Waals surface area contributed by atoms with Gasteiger partial charge in [-0.3, -0.25) is 0 Å². The van der Waals surface area contributed by atoms with E-state index >= 15 is 8.78 Å². The van der Waals surface area contributed by atoms with Gasteiger partial charge in [-0.25, -0.2) is 8.78 Å². The third kappa shape index (κ3) is 8.90. The van der Waals surface area contributed by atoms with Crippen molar-refractivity contribution in [1.82, 2.24) is 0 Å². The van der Waals surface area contributed by atoms with E-state index in [-0.39, 0.29) is 33.9 Å². The number of hydrogen-bond donors (Lipinski definition) is 0. The molecule has 0 saturated heterocycles. The van der Waals surface area contributed by atoms with Gasteiger partial charge >= 0.3 is 0 Å². The lowest BCUT2D eigenvalue weighted by Gasteiger charge is -2.37. The topological polar surface area (TPSA) is 32.8 Å². The highest BCUT2D eigenvalue weighted by Crippen LogP contribution is 2.65. The lowest BCUT2D eigenvalue weighted by Crippen LogP contribution is -2.30. The first-order chi connectivity index (χ1) is 39.5. The Morgan fingerprint density at radius 1 is 0.446 bits per heavy atom. The number of nitrogens with zero attached hydrogens (tertiary/aromatic N) is 2. The SMILES string of the molecule is CC(C)(C)c1ccc(N(c2ccc(C(C)(C)C)cc2)c2cc3c(c4oc5ccccc5c24)-c2c(cc(N(c4ccc(C(C)(C)C)cc4)c4ccc(C(C)(C)C)cc4)c4c2oc2ccccc24)C3(C2=CCC(F)C=C2)c2ccc(F)cc2)cc1. The average molecular weight is 1100 g/mol. The maximum Gasteiger partial charge on any atom is 0.145 e. The molecule has 0 N–H and O–H groups in total. The monoisotopic (exact) mass is 1090 g/mol. The number of fused-ring (bicyclic) bond motifs is 11. The van der Waals surface area contributed by atoms with E-state index in [1.54, 1.807) is 18.2 Å². The van der Waals surface area contributed by atoms with Gasteiger partial charge in [0.05, 0.1) is 27.6 Å². The summed E-state index contributed by atoms with van der Waals surface area (Å²) in [5, 5.41) is 3.79. The number of para-hydroxylation sites is 2. The number of rotatable bonds is 8. The highest BCUT2D eigenvalue weighted by Gasteiger charge is 2.52. The summed E-state index contributed by atoms with van der Waals surface area (Å²) in [4.78, 5) is 4.74. The highest BCUT2D eigenvalue weighted by atomic mass is 19.1. The maximum atomic E-state index is 15.9. The van der Waals surface area contributed by atoms with E-state index in [1.165, 1.54) is 22.3 Å². The predicted octanol–water partition coefficient (Wildman–Crippen LogP) is 22.3. The first-order valence-corrected chi connectivity index (χ1v) is 29.3. The third-order valence-corrected chi connectivity index (χ3v) is 17.5. The molecule has 4 nitrogen and oxygen atoms in total. The van der Waals surface area contributed by atoms with Crippen molar-refractivity contribution in [3.05, 3.63) is 251 Å². The summed E-state index contributed by atoms with van der Waals surface area (Å²) in [6.45, 7) is 26.9. The van der Waals surface area contributed by atoms with Crippen LogP contribution < -0.4 is 9.80 Å². The smallest absolute Gasteiger partial charge is 0.145 e. The molecule has 0 aliphatic heterocycles. The number of alkyl halides is 1. The van der Waals surface area contributed by atoms with Crippen LogP contribution in [0.5, 0.6) is 0 Å². The average Bonchev–Trinajstić information content (AvgIpc) is 1.61. The predicted molar refractivity (Wildman–Crippen MR) is 344 cm³/mol. The number of furan rings is 2. The van der Waals surface area contributed by atoms with E-state index in [2.05, 4.69) is 245 Å². The van der Waals surface area contributed by atoms with Gasteiger partial charge in [0.1, 0.15) is 34.3 Å². The van der Waals surface area contributed by atoms with Crippen LogP contribution in [-0.2, 0) is 27.1 Å². The van der Waals surface area contributed by atoms with E-state index in [4.69, 9.17) is 8.83 Å². The third-order valence-electron chi connectivity index (χ3n) is 17.5. The van der Waals surface area contributed by atoms with E-state index in [0.717, 1.165) is 100 Å². The fourth-order valence-electron chi connectivity index (χ4n) is 13.0. The van der Waals surface area contributed by atoms with Crippen molar-refractivity contribution < 1.29 is 17.6 Å². The minimum absolute atomic E-state index is 0.0815. The van der Waals surface area contributed by atoms with Crippen LogP contribution in [0.1, 0.15) is 128 Å². The van der Waals surface area contributed by atoms with Crippen LogP contribution in [0.2, 0.25) is 0 Å². The zero-order valence-corrected chi connectivity index (χ0v) is 49.8. The number of benzene rings is 9. The molecular weight excluding hydrogens is 1020 g/mol. The second kappa shape index (κ2) is 19.3. The van der Waals surface area contributed by atoms with Crippen molar-refractivity contribution >= 4 is 78.0 Å². The van der Waals surface area contributed by atoms with Crippen LogP contribution in [0.15, 0.2) is 215 Å². The van der Waals surface area contributed by atoms with Gasteiger partial charge in [-0.05, 0) is 151 Å². The molecule has 0 radical (unpaired) electrons. The van der Waals surface area contributed by atoms with E-state index in [1.807, 2.05) is 30.3 Å². The Bertz CT molecular complexity index is 4020. The number of halogens is 2. The Labute approximate surface area is 487 Å². The van der Waals surface area contributed by atoms with Crippen LogP contribution in [-0.4, -0.2) is 6.17 Å². The molecule has 6 heteroatoms. The second-order valence-electron chi connectivity index (χ2n) is 27.1. The van der Waals surface area contributed by atoms with Crippen molar-refractivity contribution in [1.29, 1.82) is 0 Å². The molecule has 1 unspecified atom stereocenters. The summed E-state index contributed by atoms with van der Waals surface area (Å²) in [6.07, 6.45) is 4.68. The van der Waals surface area contributed by atoms with Gasteiger partial charge in [0.15, 0.2) is 0 Å². The quantitative estimate of drug-likeness (QED) is 0.152. The molecule has 83 heavy (non-hydrogen) atoms. The van der Waals surface area contributed by atoms with Crippen LogP contribution in [0.25, 0.3) is 55.0 Å². The Hall–Kier alpha value is -8.48. The van der Waals surface area contributed by atoms with Crippen molar-refractivity contribution in [3.63, 3.8) is 0 Å². The molecule has 0 bridgehead atoms. The molecule has 0 fully saturated rings. The summed E-state index contributed by atoms with van der Waals surface area (Å²) in [5.41, 5.74) is 17.2. The number of anilines is 6. The minimum Gasteiger partial charge on any atom is -0.455 e. The van der Waals surface area contributed by atoms with E-state index in [9.17, 15) is 0 Å². The number of hydrogen-bond acceptors (Lipinski definition) is 4. The van der Waals surface area contributed by atoms with E-state index < -0.39 is 11.6 Å². The molecule has 2 aliphatic carbocycles. The summed E-state index contributed by atoms with van der Waals surface area (Å²) in [6, 6.07) is 64.1. The van der Waals surface area contributed by atoms with Gasteiger partial charge in [-0.1, -0.05) is 198 Å². The second-order valence-corrected chi connectivity index (χ2v) is 27.1. The largest absolute Gasteiger partial charge is 0.455 e. The molecular formula is C77H72F2N2O2. The van der Waals surface area contributed by atoms with Gasteiger partial charge in [0.2, 0.25) is 0 Å². The minimum atomic E-state index is -1.20. The summed E-state index contributed by atoms with van der Waals surface area (Å²) in [5.74, 6) is -0.353. The van der Waals surface area contributed by atoms with Gasteiger partial charge < -0.3 is 18.6 Å². The van der Waals surface area contributed by atoms with Gasteiger partial charge in [-0.15, -0.1) is 0 Å². The first kappa shape index (κ1) is 53.8. The number of allylic oxidation sites excluding steroid dienone is 4. The fourth-order valence-corrected chi connectivity index (χ4v) is 13.0. The Balaban J connectivity index is 1.22. The summed E-state index contributed by atoms with van der Waals surface area (Å²) >= 11 is 0. The molecule has 416 valence electrons. The first-order valence-electron chi connectivity index (χ1n) is 29.3. The molecule has 11 aromatic rings. The van der Waals surface area contributed by atoms with Crippen LogP contribution in [0, 0.1) is 5.82 Å². The lowest BCUT2D eigenvalue weighted by atomic mass is 9.65. The molecule has 13 rings (SSSR count). The zero-order valence-electron chi connectivity index (χ0n) is 49.8. The van der Waals surface area contributed by atoms with Crippen molar-refractivity contribution in [2.75, 3.05) is 9.80 Å². The van der Waals surface area contributed by atoms with Crippen molar-refractivity contribution in [3.8, 4) is 11.1 Å². The van der Waals surface area contributed by atoms with Crippen LogP contribution >= 0.6 is 0 Å². The fraction of sp³-hybridized carbons (Fsp3) is 0.247. The molecule has 0 saturated carbocycles. The Morgan fingerprint density at radius 3 is 1.12 bits per heavy atom. The Kier molecular flexibility index (Phi) is 12.5. The van der Waals surface area contributed by atoms with Crippen molar-refractivity contribution in [2.24, 2.45) is 0 Å². The normalized spacial score (nSPS) is 15.3. The summed E-state index contributed by atoms with van der Waals surface area (Å²) in [7, 11) is 0. The standard InChI is InChI=1S/C77H72F2N2O2/c1-73(2,3)47-25-37-55(38-26-47)80(56-39-27-48(28-40-56)74(4,5)6)63-45-61-69(71-67(63)59-17-13-15-19-65(59)82-71)70-62(77(61,51-21-33-53(78)34-22-51)52-23-35-54(79)36-24-52)46-64(68-60-18-14-16-20-66(60)83-72(68)70)81(57-41-29-49(30-42-57)75(7,8)9)58-43-31-50(32-44-58)76(10,11)12/h13-35,37-46,54H,36H2,1-12H3. The van der Waals surface area contributed by atoms with Gasteiger partial charge in [0.25, 0.3) is 0 Å². The highest BCUT2D eigenvalue weighted by molar-refractivity contribution is 6.25. The molecule has 2 heterocycles. The van der Waals surface area contributed by atoms with Gasteiger partial charge in [-0.2, -0.15) is 0 Å². The maximum absolute atomic E-state index is 15.9. The Morgan fingerprint density at radius 2 is 0.795 bits per heavy atom. The lowest BCUT2D eigenvalue weighted by molar-refractivity contribution is 0.399. The molecule has 9 aromatic carbocycles. The van der Waals surface area contributed by atoms with E-state index in [0.29, 0.717) is 11.2 Å².